The van der Waals surface area contributed by atoms with E-state index in [0.717, 1.165) is 10.0 Å². The highest BCUT2D eigenvalue weighted by Gasteiger charge is 2.30. The second-order valence-electron chi connectivity index (χ2n) is 4.16. The molecule has 0 saturated heterocycles. The van der Waals surface area contributed by atoms with Gasteiger partial charge < -0.3 is 15.2 Å². The quantitative estimate of drug-likeness (QED) is 0.814. The second-order valence-corrected chi connectivity index (χ2v) is 5.02. The molecule has 0 atom stereocenters. The third-order valence-electron chi connectivity index (χ3n) is 2.52. The highest BCUT2D eigenvalue weighted by molar-refractivity contribution is 9.10. The average Bonchev–Trinajstić information content (AvgIpc) is 2.40. The molecule has 0 fully saturated rings. The van der Waals surface area contributed by atoms with Crippen molar-refractivity contribution in [2.24, 2.45) is 0 Å². The first-order valence-corrected chi connectivity index (χ1v) is 6.65. The molecule has 0 aliphatic heterocycles. The Hall–Kier alpha value is -1.89. The fourth-order valence-electron chi connectivity index (χ4n) is 1.59. The third-order valence-corrected chi connectivity index (χ3v) is 3.25. The van der Waals surface area contributed by atoms with Crippen molar-refractivity contribution >= 4 is 21.6 Å². The molecule has 2 aromatic carbocycles. The Bertz CT molecular complexity index is 615. The van der Waals surface area contributed by atoms with E-state index >= 15 is 0 Å². The maximum absolute atomic E-state index is 12.0. The van der Waals surface area contributed by atoms with E-state index in [1.807, 2.05) is 6.07 Å². The monoisotopic (exact) mass is 361 g/mol. The van der Waals surface area contributed by atoms with Crippen LogP contribution in [0.25, 0.3) is 0 Å². The summed E-state index contributed by atoms with van der Waals surface area (Å²) in [7, 11) is 0. The van der Waals surface area contributed by atoms with Crippen LogP contribution in [0.5, 0.6) is 11.5 Å². The maximum atomic E-state index is 12.0. The van der Waals surface area contributed by atoms with Gasteiger partial charge in [-0.1, -0.05) is 6.07 Å². The standard InChI is InChI=1S/C14H11BrF3NO2/c15-12-6-1-9(7-13(12)19)8-20-10-2-4-11(5-3-10)21-14(16,17)18/h1-7H,8,19H2. The Morgan fingerprint density at radius 3 is 2.19 bits per heavy atom. The molecule has 2 N–H and O–H groups in total. The molecular weight excluding hydrogens is 351 g/mol. The summed E-state index contributed by atoms with van der Waals surface area (Å²) in [4.78, 5) is 0. The first-order chi connectivity index (χ1) is 9.83. The number of hydrogen-bond acceptors (Lipinski definition) is 3. The highest BCUT2D eigenvalue weighted by Crippen LogP contribution is 2.25. The Morgan fingerprint density at radius 1 is 1.00 bits per heavy atom. The lowest BCUT2D eigenvalue weighted by Gasteiger charge is -2.10. The van der Waals surface area contributed by atoms with Crippen LogP contribution in [0.1, 0.15) is 5.56 Å². The zero-order valence-corrected chi connectivity index (χ0v) is 12.2. The molecule has 0 aliphatic carbocycles. The van der Waals surface area contributed by atoms with Gasteiger partial charge in [-0.15, -0.1) is 13.2 Å². The van der Waals surface area contributed by atoms with Crippen LogP contribution in [-0.2, 0) is 6.61 Å². The zero-order valence-electron chi connectivity index (χ0n) is 10.7. The molecule has 0 amide bonds. The molecular formula is C14H11BrF3NO2. The van der Waals surface area contributed by atoms with E-state index in [1.165, 1.54) is 24.3 Å². The van der Waals surface area contributed by atoms with Gasteiger partial charge in [-0.3, -0.25) is 0 Å². The molecule has 0 aromatic heterocycles. The van der Waals surface area contributed by atoms with Crippen LogP contribution in [0.2, 0.25) is 0 Å². The minimum absolute atomic E-state index is 0.261. The van der Waals surface area contributed by atoms with Crippen molar-refractivity contribution in [3.63, 3.8) is 0 Å². The van der Waals surface area contributed by atoms with Crippen LogP contribution in [0.3, 0.4) is 0 Å². The van der Waals surface area contributed by atoms with Gasteiger partial charge in [0, 0.05) is 10.2 Å². The van der Waals surface area contributed by atoms with Gasteiger partial charge in [0.2, 0.25) is 0 Å². The lowest BCUT2D eigenvalue weighted by Crippen LogP contribution is -2.16. The summed E-state index contributed by atoms with van der Waals surface area (Å²) in [6.45, 7) is 0.261. The Morgan fingerprint density at radius 2 is 1.62 bits per heavy atom. The smallest absolute Gasteiger partial charge is 0.489 e. The predicted molar refractivity (Wildman–Crippen MR) is 76.0 cm³/mol. The number of hydrogen-bond donors (Lipinski definition) is 1. The van der Waals surface area contributed by atoms with Gasteiger partial charge in [-0.05, 0) is 57.9 Å². The molecule has 0 spiro atoms. The Balaban J connectivity index is 1.96. The molecule has 0 heterocycles. The molecule has 0 aliphatic rings. The van der Waals surface area contributed by atoms with E-state index in [4.69, 9.17) is 10.5 Å². The van der Waals surface area contributed by atoms with E-state index in [1.54, 1.807) is 12.1 Å². The molecule has 0 saturated carbocycles. The molecule has 0 bridgehead atoms. The van der Waals surface area contributed by atoms with Crippen molar-refractivity contribution in [3.8, 4) is 11.5 Å². The predicted octanol–water partition coefficient (Wildman–Crippen LogP) is 4.51. The lowest BCUT2D eigenvalue weighted by atomic mass is 10.2. The van der Waals surface area contributed by atoms with Crippen molar-refractivity contribution in [1.29, 1.82) is 0 Å². The molecule has 2 aromatic rings. The summed E-state index contributed by atoms with van der Waals surface area (Å²) < 4.78 is 46.1. The lowest BCUT2D eigenvalue weighted by molar-refractivity contribution is -0.274. The van der Waals surface area contributed by atoms with Crippen molar-refractivity contribution in [2.45, 2.75) is 13.0 Å². The molecule has 21 heavy (non-hydrogen) atoms. The Kier molecular flexibility index (Phi) is 4.62. The highest BCUT2D eigenvalue weighted by atomic mass is 79.9. The first-order valence-electron chi connectivity index (χ1n) is 5.86. The van der Waals surface area contributed by atoms with Crippen molar-refractivity contribution < 1.29 is 22.6 Å². The largest absolute Gasteiger partial charge is 0.573 e. The van der Waals surface area contributed by atoms with E-state index in [-0.39, 0.29) is 12.4 Å². The number of alkyl halides is 3. The third kappa shape index (κ3) is 4.86. The summed E-state index contributed by atoms with van der Waals surface area (Å²) in [6.07, 6.45) is -4.70. The Labute approximate surface area is 127 Å². The summed E-state index contributed by atoms with van der Waals surface area (Å²) in [6, 6.07) is 10.6. The van der Waals surface area contributed by atoms with Gasteiger partial charge in [-0.2, -0.15) is 0 Å². The average molecular weight is 362 g/mol. The molecule has 0 unspecified atom stereocenters. The minimum atomic E-state index is -4.70. The van der Waals surface area contributed by atoms with Crippen molar-refractivity contribution in [1.82, 2.24) is 0 Å². The summed E-state index contributed by atoms with van der Waals surface area (Å²) >= 11 is 3.29. The molecule has 3 nitrogen and oxygen atoms in total. The second kappa shape index (κ2) is 6.26. The summed E-state index contributed by atoms with van der Waals surface area (Å²) in [5.41, 5.74) is 7.18. The fraction of sp³-hybridized carbons (Fsp3) is 0.143. The number of rotatable bonds is 4. The molecule has 7 heteroatoms. The van der Waals surface area contributed by atoms with Crippen molar-refractivity contribution in [2.75, 3.05) is 5.73 Å². The van der Waals surface area contributed by atoms with E-state index in [9.17, 15) is 13.2 Å². The van der Waals surface area contributed by atoms with Gasteiger partial charge in [0.15, 0.2) is 0 Å². The molecule has 112 valence electrons. The fourth-order valence-corrected chi connectivity index (χ4v) is 1.83. The van der Waals surface area contributed by atoms with Crippen LogP contribution >= 0.6 is 15.9 Å². The topological polar surface area (TPSA) is 44.5 Å². The molecule has 2 rings (SSSR count). The van der Waals surface area contributed by atoms with Crippen LogP contribution < -0.4 is 15.2 Å². The van der Waals surface area contributed by atoms with Gasteiger partial charge in [0.25, 0.3) is 0 Å². The number of nitrogens with two attached hydrogens (primary N) is 1. The number of benzene rings is 2. The van der Waals surface area contributed by atoms with E-state index < -0.39 is 6.36 Å². The normalized spacial score (nSPS) is 11.2. The number of ether oxygens (including phenoxy) is 2. The van der Waals surface area contributed by atoms with Gasteiger partial charge in [0.1, 0.15) is 18.1 Å². The summed E-state index contributed by atoms with van der Waals surface area (Å²) in [5.74, 6) is 0.147. The number of halogens is 4. The number of nitrogen functional groups attached to an aromatic ring is 1. The maximum Gasteiger partial charge on any atom is 0.573 e. The van der Waals surface area contributed by atoms with Crippen LogP contribution in [-0.4, -0.2) is 6.36 Å². The van der Waals surface area contributed by atoms with Gasteiger partial charge in [0.05, 0.1) is 0 Å². The van der Waals surface area contributed by atoms with E-state index in [2.05, 4.69) is 20.7 Å². The van der Waals surface area contributed by atoms with Gasteiger partial charge >= 0.3 is 6.36 Å². The number of anilines is 1. The van der Waals surface area contributed by atoms with Crippen LogP contribution in [0, 0.1) is 0 Å². The minimum Gasteiger partial charge on any atom is -0.489 e. The SMILES string of the molecule is Nc1cc(COc2ccc(OC(F)(F)F)cc2)ccc1Br. The first kappa shape index (κ1) is 15.5. The molecule has 0 radical (unpaired) electrons. The van der Waals surface area contributed by atoms with Crippen molar-refractivity contribution in [3.05, 3.63) is 52.5 Å². The zero-order chi connectivity index (χ0) is 15.5. The van der Waals surface area contributed by atoms with Crippen LogP contribution in [0.15, 0.2) is 46.9 Å². The van der Waals surface area contributed by atoms with Gasteiger partial charge in [-0.25, -0.2) is 0 Å². The van der Waals surface area contributed by atoms with E-state index in [0.29, 0.717) is 11.4 Å². The summed E-state index contributed by atoms with van der Waals surface area (Å²) in [5, 5.41) is 0. The van der Waals surface area contributed by atoms with Crippen LogP contribution in [0.4, 0.5) is 18.9 Å².